The van der Waals surface area contributed by atoms with Crippen molar-refractivity contribution >= 4 is 5.84 Å². The average Bonchev–Trinajstić information content (AvgIpc) is 2.75. The smallest absolute Gasteiger partial charge is 0.159 e. The molecule has 4 rings (SSSR count). The van der Waals surface area contributed by atoms with E-state index in [0.29, 0.717) is 0 Å². The Hall–Kier alpha value is -2.13. The lowest BCUT2D eigenvalue weighted by molar-refractivity contribution is 0.0403. The lowest BCUT2D eigenvalue weighted by atomic mass is 9.98. The van der Waals surface area contributed by atoms with Crippen LogP contribution in [0.1, 0.15) is 49.3 Å². The summed E-state index contributed by atoms with van der Waals surface area (Å²) in [7, 11) is 0. The van der Waals surface area contributed by atoms with Crippen molar-refractivity contribution < 1.29 is 5.11 Å². The molecule has 124 valence electrons. The van der Waals surface area contributed by atoms with Crippen LogP contribution in [0.3, 0.4) is 0 Å². The number of hydrogen-bond acceptors (Lipinski definition) is 3. The molecule has 0 radical (unpaired) electrons. The highest BCUT2D eigenvalue weighted by Gasteiger charge is 2.27. The molecule has 0 amide bonds. The van der Waals surface area contributed by atoms with Crippen LogP contribution in [-0.2, 0) is 12.1 Å². The quantitative estimate of drug-likeness (QED) is 0.701. The Morgan fingerprint density at radius 3 is 2.75 bits per heavy atom. The van der Waals surface area contributed by atoms with Crippen LogP contribution in [0, 0.1) is 0 Å². The molecule has 2 aromatic carbocycles. The molecule has 1 aliphatic carbocycles. The van der Waals surface area contributed by atoms with Gasteiger partial charge in [-0.2, -0.15) is 0 Å². The lowest BCUT2D eigenvalue weighted by Gasteiger charge is -2.27. The van der Waals surface area contributed by atoms with Gasteiger partial charge in [-0.05, 0) is 48.4 Å². The van der Waals surface area contributed by atoms with Gasteiger partial charge < -0.3 is 10.4 Å². The number of nitrogens with zero attached hydrogens (tertiary/aromatic N) is 1. The van der Waals surface area contributed by atoms with E-state index >= 15 is 0 Å². The van der Waals surface area contributed by atoms with E-state index in [2.05, 4.69) is 46.7 Å². The molecule has 2 aliphatic rings. The molecule has 24 heavy (non-hydrogen) atoms. The molecule has 1 heterocycles. The fourth-order valence-electron chi connectivity index (χ4n) is 3.78. The Bertz CT molecular complexity index is 792. The Kier molecular flexibility index (Phi) is 3.89. The van der Waals surface area contributed by atoms with Gasteiger partial charge in [-0.1, -0.05) is 48.9 Å². The molecule has 3 nitrogen and oxygen atoms in total. The maximum absolute atomic E-state index is 11.0. The SMILES string of the molecule is CC(O)(NC1=NCCCCC1)c1ccc2c(c1)Cc1ccccc1-2. The van der Waals surface area contributed by atoms with Crippen molar-refractivity contribution in [3.63, 3.8) is 0 Å². The molecule has 1 unspecified atom stereocenters. The molecule has 0 bridgehead atoms. The summed E-state index contributed by atoms with van der Waals surface area (Å²) in [5, 5.41) is 14.3. The molecule has 0 spiro atoms. The minimum atomic E-state index is -1.09. The van der Waals surface area contributed by atoms with Gasteiger partial charge in [-0.3, -0.25) is 4.99 Å². The van der Waals surface area contributed by atoms with E-state index < -0.39 is 5.72 Å². The van der Waals surface area contributed by atoms with Crippen molar-refractivity contribution in [2.45, 2.75) is 44.8 Å². The third kappa shape index (κ3) is 2.84. The van der Waals surface area contributed by atoms with Crippen molar-refractivity contribution in [2.24, 2.45) is 4.99 Å². The second-order valence-electron chi connectivity index (χ2n) is 7.04. The first-order valence-electron chi connectivity index (χ1n) is 8.89. The van der Waals surface area contributed by atoms with Gasteiger partial charge in [-0.25, -0.2) is 0 Å². The molecule has 1 aliphatic heterocycles. The second kappa shape index (κ2) is 6.06. The van der Waals surface area contributed by atoms with Gasteiger partial charge in [0.1, 0.15) is 0 Å². The van der Waals surface area contributed by atoms with Crippen LogP contribution < -0.4 is 5.32 Å². The molecule has 2 N–H and O–H groups in total. The van der Waals surface area contributed by atoms with Gasteiger partial charge in [0.15, 0.2) is 5.72 Å². The number of amidine groups is 1. The topological polar surface area (TPSA) is 44.6 Å². The highest BCUT2D eigenvalue weighted by molar-refractivity contribution is 5.83. The van der Waals surface area contributed by atoms with E-state index in [9.17, 15) is 5.11 Å². The Balaban J connectivity index is 1.60. The molecule has 0 saturated carbocycles. The van der Waals surface area contributed by atoms with Gasteiger partial charge in [0.05, 0.1) is 5.84 Å². The summed E-state index contributed by atoms with van der Waals surface area (Å²) in [6, 6.07) is 14.9. The summed E-state index contributed by atoms with van der Waals surface area (Å²) in [4.78, 5) is 4.58. The number of hydrogen-bond donors (Lipinski definition) is 2. The van der Waals surface area contributed by atoms with Crippen LogP contribution in [0.2, 0.25) is 0 Å². The van der Waals surface area contributed by atoms with Crippen LogP contribution in [0.5, 0.6) is 0 Å². The summed E-state index contributed by atoms with van der Waals surface area (Å²) >= 11 is 0. The van der Waals surface area contributed by atoms with E-state index in [1.807, 2.05) is 13.0 Å². The fourth-order valence-corrected chi connectivity index (χ4v) is 3.78. The fraction of sp³-hybridized carbons (Fsp3) is 0.381. The Labute approximate surface area is 143 Å². The monoisotopic (exact) mass is 320 g/mol. The van der Waals surface area contributed by atoms with Gasteiger partial charge in [0.2, 0.25) is 0 Å². The lowest BCUT2D eigenvalue weighted by Crippen LogP contribution is -2.43. The molecule has 3 heteroatoms. The van der Waals surface area contributed by atoms with Crippen molar-refractivity contribution in [3.05, 3.63) is 59.2 Å². The highest BCUT2D eigenvalue weighted by Crippen LogP contribution is 2.38. The van der Waals surface area contributed by atoms with Gasteiger partial charge in [-0.15, -0.1) is 0 Å². The molecular formula is C21H24N2O. The molecule has 0 fully saturated rings. The number of rotatable bonds is 2. The van der Waals surface area contributed by atoms with Gasteiger partial charge >= 0.3 is 0 Å². The minimum absolute atomic E-state index is 0.859. The number of fused-ring (bicyclic) bond motifs is 3. The van der Waals surface area contributed by atoms with Crippen molar-refractivity contribution in [2.75, 3.05) is 6.54 Å². The van der Waals surface area contributed by atoms with Crippen molar-refractivity contribution in [3.8, 4) is 11.1 Å². The molecular weight excluding hydrogens is 296 g/mol. The first-order chi connectivity index (χ1) is 11.6. The minimum Gasteiger partial charge on any atom is -0.367 e. The maximum Gasteiger partial charge on any atom is 0.159 e. The van der Waals surface area contributed by atoms with Crippen molar-refractivity contribution in [1.82, 2.24) is 5.32 Å². The summed E-state index contributed by atoms with van der Waals surface area (Å²) in [5.41, 5.74) is 5.08. The number of aliphatic hydroxyl groups is 1. The number of benzene rings is 2. The highest BCUT2D eigenvalue weighted by atomic mass is 16.3. The largest absolute Gasteiger partial charge is 0.367 e. The van der Waals surface area contributed by atoms with Gasteiger partial charge in [0.25, 0.3) is 0 Å². The summed E-state index contributed by atoms with van der Waals surface area (Å²) in [6.07, 6.45) is 5.36. The zero-order valence-electron chi connectivity index (χ0n) is 14.2. The number of aliphatic imine (C=N–C) groups is 1. The van der Waals surface area contributed by atoms with E-state index in [4.69, 9.17) is 0 Å². The van der Waals surface area contributed by atoms with Crippen LogP contribution >= 0.6 is 0 Å². The van der Waals surface area contributed by atoms with Crippen LogP contribution in [0.4, 0.5) is 0 Å². The van der Waals surface area contributed by atoms with Crippen LogP contribution in [0.25, 0.3) is 11.1 Å². The molecule has 1 atom stereocenters. The van der Waals surface area contributed by atoms with E-state index in [1.54, 1.807) is 0 Å². The normalized spacial score (nSPS) is 18.8. The van der Waals surface area contributed by atoms with Gasteiger partial charge in [0, 0.05) is 18.5 Å². The molecule has 0 saturated heterocycles. The average molecular weight is 320 g/mol. The molecule has 0 aromatic heterocycles. The summed E-state index contributed by atoms with van der Waals surface area (Å²) in [6.45, 7) is 2.68. The Morgan fingerprint density at radius 2 is 1.83 bits per heavy atom. The van der Waals surface area contributed by atoms with E-state index in [0.717, 1.165) is 43.6 Å². The third-order valence-electron chi connectivity index (χ3n) is 5.12. The zero-order chi connectivity index (χ0) is 16.6. The second-order valence-corrected chi connectivity index (χ2v) is 7.04. The summed E-state index contributed by atoms with van der Waals surface area (Å²) in [5.74, 6) is 0.932. The Morgan fingerprint density at radius 1 is 1.00 bits per heavy atom. The number of nitrogens with one attached hydrogen (secondary N) is 1. The third-order valence-corrected chi connectivity index (χ3v) is 5.12. The predicted octanol–water partition coefficient (Wildman–Crippen LogP) is 3.98. The van der Waals surface area contributed by atoms with Crippen LogP contribution in [0.15, 0.2) is 47.5 Å². The van der Waals surface area contributed by atoms with Crippen LogP contribution in [-0.4, -0.2) is 17.5 Å². The van der Waals surface area contributed by atoms with E-state index in [-0.39, 0.29) is 0 Å². The van der Waals surface area contributed by atoms with Crippen molar-refractivity contribution in [1.29, 1.82) is 0 Å². The zero-order valence-corrected chi connectivity index (χ0v) is 14.2. The predicted molar refractivity (Wildman–Crippen MR) is 98.2 cm³/mol. The first-order valence-corrected chi connectivity index (χ1v) is 8.89. The maximum atomic E-state index is 11.0. The van der Waals surface area contributed by atoms with E-state index in [1.165, 1.54) is 28.7 Å². The molecule has 2 aromatic rings. The first kappa shape index (κ1) is 15.4. The summed E-state index contributed by atoms with van der Waals surface area (Å²) < 4.78 is 0. The standard InChI is InChI=1S/C21H24N2O/c1-21(24,23-20-9-3-2-6-12-22-20)17-10-11-19-16(14-17)13-15-7-4-5-8-18(15)19/h4-5,7-8,10-11,14,24H,2-3,6,9,12-13H2,1H3,(H,22,23).